The number of aliphatic hydroxyl groups excluding tert-OH is 1. The molecule has 0 radical (unpaired) electrons. The summed E-state index contributed by atoms with van der Waals surface area (Å²) in [5.41, 5.74) is 7.70. The zero-order chi connectivity index (χ0) is 18.8. The number of nitrogens with zero attached hydrogens (tertiary/aromatic N) is 1. The topological polar surface area (TPSA) is 107 Å². The minimum Gasteiger partial charge on any atom is -0.508 e. The lowest BCUT2D eigenvalue weighted by Gasteiger charge is -2.38. The van der Waals surface area contributed by atoms with Crippen molar-refractivity contribution in [3.8, 4) is 5.75 Å². The third kappa shape index (κ3) is 3.80. The summed E-state index contributed by atoms with van der Waals surface area (Å²) in [7, 11) is 0. The molecule has 2 fully saturated rings. The first-order chi connectivity index (χ1) is 13.1. The Morgan fingerprint density at radius 1 is 1.11 bits per heavy atom. The van der Waals surface area contributed by atoms with Crippen molar-refractivity contribution in [1.82, 2.24) is 21.2 Å². The monoisotopic (exact) mass is 368 g/mol. The highest BCUT2D eigenvalue weighted by atomic mass is 16.3. The number of carbonyl (C=O) groups is 1. The molecule has 1 aromatic carbocycles. The molecular formula is C20H24N4O3. The molecule has 3 unspecified atom stereocenters. The molecule has 3 atom stereocenters. The third-order valence-electron chi connectivity index (χ3n) is 5.46. The predicted octanol–water partition coefficient (Wildman–Crippen LogP) is 1.32. The van der Waals surface area contributed by atoms with Crippen LogP contribution in [0.5, 0.6) is 5.75 Å². The molecule has 2 heterocycles. The van der Waals surface area contributed by atoms with Gasteiger partial charge in [0.1, 0.15) is 11.8 Å². The van der Waals surface area contributed by atoms with Gasteiger partial charge in [-0.3, -0.25) is 9.78 Å². The second-order valence-electron chi connectivity index (χ2n) is 7.31. The molecule has 1 saturated heterocycles. The van der Waals surface area contributed by atoms with Gasteiger partial charge in [0.15, 0.2) is 0 Å². The van der Waals surface area contributed by atoms with Crippen LogP contribution in [-0.4, -0.2) is 33.3 Å². The van der Waals surface area contributed by atoms with Crippen molar-refractivity contribution in [3.63, 3.8) is 0 Å². The second-order valence-corrected chi connectivity index (χ2v) is 7.31. The van der Waals surface area contributed by atoms with E-state index in [2.05, 4.69) is 21.2 Å². The lowest BCUT2D eigenvalue weighted by atomic mass is 9.76. The van der Waals surface area contributed by atoms with E-state index in [-0.39, 0.29) is 35.8 Å². The van der Waals surface area contributed by atoms with Gasteiger partial charge in [-0.25, -0.2) is 10.9 Å². The normalized spacial score (nSPS) is 28.3. The van der Waals surface area contributed by atoms with Gasteiger partial charge in [-0.1, -0.05) is 24.3 Å². The quantitative estimate of drug-likeness (QED) is 0.545. The number of phenols is 1. The molecule has 1 aliphatic carbocycles. The van der Waals surface area contributed by atoms with Crippen LogP contribution in [0.4, 0.5) is 0 Å². The van der Waals surface area contributed by atoms with Crippen molar-refractivity contribution in [2.75, 3.05) is 0 Å². The maximum absolute atomic E-state index is 12.9. The number of aliphatic hydroxyl groups is 1. The number of aromatic hydroxyl groups is 1. The van der Waals surface area contributed by atoms with Gasteiger partial charge < -0.3 is 15.5 Å². The van der Waals surface area contributed by atoms with E-state index in [1.165, 1.54) is 0 Å². The predicted molar refractivity (Wildman–Crippen MR) is 99.4 cm³/mol. The first kappa shape index (κ1) is 17.9. The van der Waals surface area contributed by atoms with Crippen molar-refractivity contribution < 1.29 is 15.0 Å². The first-order valence-electron chi connectivity index (χ1n) is 9.30. The second kappa shape index (κ2) is 7.64. The van der Waals surface area contributed by atoms with E-state index in [0.717, 1.165) is 11.3 Å². The molecule has 142 valence electrons. The summed E-state index contributed by atoms with van der Waals surface area (Å²) in [5, 5.41) is 22.8. The fraction of sp³-hybridized carbons (Fsp3) is 0.400. The number of para-hydroxylation sites is 1. The van der Waals surface area contributed by atoms with Gasteiger partial charge in [0.2, 0.25) is 5.91 Å². The summed E-state index contributed by atoms with van der Waals surface area (Å²) in [6, 6.07) is 12.0. The van der Waals surface area contributed by atoms with E-state index in [9.17, 15) is 15.0 Å². The van der Waals surface area contributed by atoms with Crippen LogP contribution in [0.2, 0.25) is 0 Å². The SMILES string of the molecule is O=C(NC(c1ccccn1)C1CC(O)C1)C1CC(c2ccccc2O)NN1. The molecule has 2 aliphatic rings. The number of phenolic OH excluding ortho intramolecular Hbond substituents is 1. The van der Waals surface area contributed by atoms with Crippen molar-refractivity contribution >= 4 is 5.91 Å². The van der Waals surface area contributed by atoms with E-state index in [0.29, 0.717) is 19.3 Å². The summed E-state index contributed by atoms with van der Waals surface area (Å²) in [5.74, 6) is 0.285. The maximum atomic E-state index is 12.9. The number of nitrogens with one attached hydrogen (secondary N) is 3. The number of aromatic nitrogens is 1. The van der Waals surface area contributed by atoms with Gasteiger partial charge in [-0.15, -0.1) is 0 Å². The van der Waals surface area contributed by atoms with Crippen molar-refractivity contribution in [2.45, 2.75) is 43.5 Å². The van der Waals surface area contributed by atoms with Crippen molar-refractivity contribution in [1.29, 1.82) is 0 Å². The minimum absolute atomic E-state index is 0.113. The van der Waals surface area contributed by atoms with E-state index in [1.807, 2.05) is 30.3 Å². The van der Waals surface area contributed by atoms with Crippen molar-refractivity contribution in [3.05, 3.63) is 59.9 Å². The molecule has 5 N–H and O–H groups in total. The number of amides is 1. The average molecular weight is 368 g/mol. The molecule has 1 aliphatic heterocycles. The lowest BCUT2D eigenvalue weighted by Crippen LogP contribution is -2.48. The van der Waals surface area contributed by atoms with Crippen LogP contribution in [0, 0.1) is 5.92 Å². The van der Waals surface area contributed by atoms with Crippen LogP contribution in [0.3, 0.4) is 0 Å². The lowest BCUT2D eigenvalue weighted by molar-refractivity contribution is -0.124. The Kier molecular flexibility index (Phi) is 5.07. The molecule has 0 spiro atoms. The van der Waals surface area contributed by atoms with Gasteiger partial charge in [-0.05, 0) is 43.4 Å². The molecule has 1 amide bonds. The van der Waals surface area contributed by atoms with E-state index in [1.54, 1.807) is 18.3 Å². The number of carbonyl (C=O) groups excluding carboxylic acids is 1. The molecule has 2 aromatic rings. The van der Waals surface area contributed by atoms with Crippen LogP contribution < -0.4 is 16.2 Å². The highest BCUT2D eigenvalue weighted by Gasteiger charge is 2.38. The highest BCUT2D eigenvalue weighted by Crippen LogP contribution is 2.37. The van der Waals surface area contributed by atoms with Gasteiger partial charge in [-0.2, -0.15) is 0 Å². The fourth-order valence-electron chi connectivity index (χ4n) is 3.86. The zero-order valence-corrected chi connectivity index (χ0v) is 14.9. The molecule has 7 heteroatoms. The maximum Gasteiger partial charge on any atom is 0.239 e. The highest BCUT2D eigenvalue weighted by molar-refractivity contribution is 5.82. The summed E-state index contributed by atoms with van der Waals surface area (Å²) in [6.45, 7) is 0. The number of hydrogen-bond acceptors (Lipinski definition) is 6. The largest absolute Gasteiger partial charge is 0.508 e. The molecule has 0 bridgehead atoms. The Morgan fingerprint density at radius 3 is 2.59 bits per heavy atom. The van der Waals surface area contributed by atoms with Gasteiger partial charge in [0.05, 0.1) is 23.9 Å². The Hall–Kier alpha value is -2.48. The standard InChI is InChI=1S/C20H24N4O3/c25-13-9-12(10-13)19(15-6-3-4-8-21-15)22-20(27)17-11-16(23-24-17)14-5-1-2-7-18(14)26/h1-8,12-13,16-17,19,23-26H,9-11H2,(H,22,27). The summed E-state index contributed by atoms with van der Waals surface area (Å²) >= 11 is 0. The van der Waals surface area contributed by atoms with E-state index < -0.39 is 6.04 Å². The molecule has 4 rings (SSSR count). The third-order valence-corrected chi connectivity index (χ3v) is 5.46. The Morgan fingerprint density at radius 2 is 1.89 bits per heavy atom. The average Bonchev–Trinajstić information content (AvgIpc) is 3.15. The van der Waals surface area contributed by atoms with Gasteiger partial charge in [0, 0.05) is 11.8 Å². The van der Waals surface area contributed by atoms with E-state index in [4.69, 9.17) is 0 Å². The zero-order valence-electron chi connectivity index (χ0n) is 14.9. The molecule has 1 aromatic heterocycles. The summed E-state index contributed by atoms with van der Waals surface area (Å²) in [6.07, 6.45) is 3.28. The molecule has 7 nitrogen and oxygen atoms in total. The molecule has 1 saturated carbocycles. The van der Waals surface area contributed by atoms with Crippen LogP contribution in [0.15, 0.2) is 48.7 Å². The number of hydrogen-bond donors (Lipinski definition) is 5. The van der Waals surface area contributed by atoms with Gasteiger partial charge >= 0.3 is 0 Å². The molecule has 27 heavy (non-hydrogen) atoms. The first-order valence-corrected chi connectivity index (χ1v) is 9.30. The summed E-state index contributed by atoms with van der Waals surface area (Å²) in [4.78, 5) is 17.2. The van der Waals surface area contributed by atoms with Gasteiger partial charge in [0.25, 0.3) is 0 Å². The number of pyridine rings is 1. The van der Waals surface area contributed by atoms with Crippen LogP contribution in [-0.2, 0) is 4.79 Å². The number of benzene rings is 1. The van der Waals surface area contributed by atoms with Crippen molar-refractivity contribution in [2.24, 2.45) is 5.92 Å². The van der Waals surface area contributed by atoms with Crippen LogP contribution in [0.25, 0.3) is 0 Å². The summed E-state index contributed by atoms with van der Waals surface area (Å²) < 4.78 is 0. The smallest absolute Gasteiger partial charge is 0.239 e. The number of rotatable bonds is 5. The van der Waals surface area contributed by atoms with E-state index >= 15 is 0 Å². The number of hydrazine groups is 1. The Bertz CT molecular complexity index is 795. The molecular weight excluding hydrogens is 344 g/mol. The fourth-order valence-corrected chi connectivity index (χ4v) is 3.86. The minimum atomic E-state index is -0.411. The Balaban J connectivity index is 1.43. The van der Waals surface area contributed by atoms with Crippen LogP contribution in [0.1, 0.15) is 42.6 Å². The van der Waals surface area contributed by atoms with Crippen LogP contribution >= 0.6 is 0 Å². The Labute approximate surface area is 157 Å².